The molecule has 5 rings (SSSR count). The summed E-state index contributed by atoms with van der Waals surface area (Å²) in [6.45, 7) is 2.28. The van der Waals surface area contributed by atoms with E-state index in [0.717, 1.165) is 38.4 Å². The fraction of sp³-hybridized carbons (Fsp3) is 0.219. The fourth-order valence-electron chi connectivity index (χ4n) is 5.51. The highest BCUT2D eigenvalue weighted by Crippen LogP contribution is 2.39. The van der Waals surface area contributed by atoms with Gasteiger partial charge in [-0.25, -0.2) is 4.98 Å². The number of likely N-dealkylation sites (N-methyl/N-ethyl adjacent to an activating group) is 1. The largest absolute Gasteiger partial charge is 0.359 e. The minimum Gasteiger partial charge on any atom is -0.359 e. The van der Waals surface area contributed by atoms with Gasteiger partial charge in [-0.3, -0.25) is 9.59 Å². The lowest BCUT2D eigenvalue weighted by Crippen LogP contribution is -2.39. The van der Waals surface area contributed by atoms with Crippen LogP contribution in [-0.4, -0.2) is 35.0 Å². The van der Waals surface area contributed by atoms with Crippen molar-refractivity contribution in [3.05, 3.63) is 114 Å². The van der Waals surface area contributed by atoms with Crippen molar-refractivity contribution in [3.8, 4) is 0 Å². The van der Waals surface area contributed by atoms with Crippen LogP contribution >= 0.6 is 0 Å². The predicted octanol–water partition coefficient (Wildman–Crippen LogP) is 5.26. The van der Waals surface area contributed by atoms with E-state index in [2.05, 4.69) is 71.1 Å². The lowest BCUT2D eigenvalue weighted by atomic mass is 9.78. The molecule has 0 aliphatic heterocycles. The summed E-state index contributed by atoms with van der Waals surface area (Å²) < 4.78 is 1.81. The maximum absolute atomic E-state index is 14.1. The van der Waals surface area contributed by atoms with Crippen molar-refractivity contribution < 1.29 is 9.59 Å². The molecule has 1 aromatic heterocycles. The number of fused-ring (bicyclic) bond motifs is 2. The van der Waals surface area contributed by atoms with Crippen molar-refractivity contribution >= 4 is 33.4 Å². The monoisotopic (exact) mass is 504 g/mol. The van der Waals surface area contributed by atoms with Crippen LogP contribution in [0.1, 0.15) is 41.5 Å². The summed E-state index contributed by atoms with van der Waals surface area (Å²) in [5.41, 5.74) is 2.83. The van der Waals surface area contributed by atoms with E-state index < -0.39 is 11.8 Å². The summed E-state index contributed by atoms with van der Waals surface area (Å²) in [5.74, 6) is -1.43. The molecular formula is C32H32N4O2. The second kappa shape index (κ2) is 10.9. The first-order chi connectivity index (χ1) is 18.5. The number of nitrogens with zero attached hydrogens (tertiary/aromatic N) is 2. The summed E-state index contributed by atoms with van der Waals surface area (Å²) in [4.78, 5) is 31.1. The smallest absolute Gasteiger partial charge is 0.230 e. The van der Waals surface area contributed by atoms with Crippen LogP contribution in [0, 0.1) is 0 Å². The highest BCUT2D eigenvalue weighted by atomic mass is 16.2. The molecule has 0 aliphatic carbocycles. The van der Waals surface area contributed by atoms with Crippen LogP contribution in [0.15, 0.2) is 97.5 Å². The van der Waals surface area contributed by atoms with E-state index in [-0.39, 0.29) is 24.3 Å². The number of aryl methyl sites for hydroxylation is 1. The normalized spacial score (nSPS) is 13.7. The molecule has 6 heteroatoms. The van der Waals surface area contributed by atoms with Crippen molar-refractivity contribution in [3.63, 3.8) is 0 Å². The van der Waals surface area contributed by atoms with Crippen LogP contribution in [-0.2, 0) is 16.6 Å². The van der Waals surface area contributed by atoms with Gasteiger partial charge in [0.1, 0.15) is 0 Å². The number of carbonyl (C=O) groups is 2. The SMILES string of the molecule is CNC(=O)C(CNC(=O)C(c1cccc2ccccc12)C(C)c1cccc2ccccc12)c1cncn1C. The van der Waals surface area contributed by atoms with Crippen molar-refractivity contribution in [2.45, 2.75) is 24.7 Å². The highest BCUT2D eigenvalue weighted by molar-refractivity contribution is 5.95. The molecule has 0 spiro atoms. The molecular weight excluding hydrogens is 472 g/mol. The Hall–Kier alpha value is -4.45. The number of hydrogen-bond donors (Lipinski definition) is 2. The van der Waals surface area contributed by atoms with Crippen LogP contribution in [0.3, 0.4) is 0 Å². The average molecular weight is 505 g/mol. The molecule has 6 nitrogen and oxygen atoms in total. The molecule has 1 heterocycles. The molecule has 0 saturated heterocycles. The number of aromatic nitrogens is 2. The van der Waals surface area contributed by atoms with Crippen LogP contribution in [0.2, 0.25) is 0 Å². The number of benzene rings is 4. The highest BCUT2D eigenvalue weighted by Gasteiger charge is 2.32. The summed E-state index contributed by atoms with van der Waals surface area (Å²) in [5, 5.41) is 10.3. The van der Waals surface area contributed by atoms with Gasteiger partial charge in [-0.2, -0.15) is 0 Å². The summed E-state index contributed by atoms with van der Waals surface area (Å²) >= 11 is 0. The molecule has 2 amide bonds. The Morgan fingerprint density at radius 3 is 2.00 bits per heavy atom. The maximum Gasteiger partial charge on any atom is 0.230 e. The quantitative estimate of drug-likeness (QED) is 0.303. The van der Waals surface area contributed by atoms with Crippen LogP contribution in [0.25, 0.3) is 21.5 Å². The number of rotatable bonds is 8. The summed E-state index contributed by atoms with van der Waals surface area (Å²) in [7, 11) is 3.45. The van der Waals surface area contributed by atoms with Crippen molar-refractivity contribution in [2.75, 3.05) is 13.6 Å². The molecule has 38 heavy (non-hydrogen) atoms. The minimum absolute atomic E-state index is 0.113. The third-order valence-corrected chi connectivity index (χ3v) is 7.51. The minimum atomic E-state index is -0.558. The topological polar surface area (TPSA) is 76.0 Å². The number of imidazole rings is 1. The Morgan fingerprint density at radius 2 is 1.39 bits per heavy atom. The van der Waals surface area contributed by atoms with Gasteiger partial charge in [0.15, 0.2) is 0 Å². The van der Waals surface area contributed by atoms with Crippen LogP contribution in [0.5, 0.6) is 0 Å². The Balaban J connectivity index is 1.56. The lowest BCUT2D eigenvalue weighted by molar-refractivity contribution is -0.124. The molecule has 0 aliphatic rings. The van der Waals surface area contributed by atoms with E-state index in [9.17, 15) is 9.59 Å². The molecule has 0 saturated carbocycles. The third kappa shape index (κ3) is 4.77. The van der Waals surface area contributed by atoms with Gasteiger partial charge < -0.3 is 15.2 Å². The van der Waals surface area contributed by atoms with Gasteiger partial charge in [-0.1, -0.05) is 91.9 Å². The number of nitrogens with one attached hydrogen (secondary N) is 2. The van der Waals surface area contributed by atoms with Crippen LogP contribution in [0.4, 0.5) is 0 Å². The molecule has 2 N–H and O–H groups in total. The average Bonchev–Trinajstić information content (AvgIpc) is 3.38. The Kier molecular flexibility index (Phi) is 7.22. The summed E-state index contributed by atoms with van der Waals surface area (Å²) in [6.07, 6.45) is 3.33. The van der Waals surface area contributed by atoms with Gasteiger partial charge in [0.25, 0.3) is 0 Å². The van der Waals surface area contributed by atoms with Crippen molar-refractivity contribution in [1.29, 1.82) is 0 Å². The standard InChI is InChI=1S/C32H32N4O2/c1-21(24-16-8-12-22-10-4-6-14-25(22)24)30(27-17-9-13-23-11-5-7-15-26(23)27)32(38)35-18-28(31(37)33-2)29-19-34-20-36(29)3/h4-17,19-21,28,30H,18H2,1-3H3,(H,33,37)(H,35,38). The van der Waals surface area contributed by atoms with E-state index in [1.165, 1.54) is 0 Å². The number of carbonyl (C=O) groups excluding carboxylic acids is 2. The van der Waals surface area contributed by atoms with E-state index in [0.29, 0.717) is 0 Å². The molecule has 4 aromatic carbocycles. The van der Waals surface area contributed by atoms with Gasteiger partial charge in [0.2, 0.25) is 11.8 Å². The van der Waals surface area contributed by atoms with Crippen molar-refractivity contribution in [1.82, 2.24) is 20.2 Å². The number of amides is 2. The van der Waals surface area contributed by atoms with Gasteiger partial charge >= 0.3 is 0 Å². The van der Waals surface area contributed by atoms with Gasteiger partial charge in [0.05, 0.1) is 23.9 Å². The Morgan fingerprint density at radius 1 is 0.816 bits per heavy atom. The Labute approximate surface area is 222 Å². The molecule has 192 valence electrons. The molecule has 3 unspecified atom stereocenters. The van der Waals surface area contributed by atoms with Gasteiger partial charge in [0, 0.05) is 26.8 Å². The molecule has 0 radical (unpaired) electrons. The van der Waals surface area contributed by atoms with Gasteiger partial charge in [-0.05, 0) is 38.6 Å². The van der Waals surface area contributed by atoms with Gasteiger partial charge in [-0.15, -0.1) is 0 Å². The fourth-order valence-corrected chi connectivity index (χ4v) is 5.51. The lowest BCUT2D eigenvalue weighted by Gasteiger charge is -2.27. The van der Waals surface area contributed by atoms with E-state index in [4.69, 9.17) is 0 Å². The zero-order chi connectivity index (χ0) is 26.6. The Bertz CT molecular complexity index is 1600. The molecule has 5 aromatic rings. The van der Waals surface area contributed by atoms with E-state index >= 15 is 0 Å². The summed E-state index contributed by atoms with van der Waals surface area (Å²) in [6, 6.07) is 28.8. The molecule has 0 fully saturated rings. The first kappa shape index (κ1) is 25.2. The predicted molar refractivity (Wildman–Crippen MR) is 152 cm³/mol. The van der Waals surface area contributed by atoms with E-state index in [1.54, 1.807) is 19.6 Å². The first-order valence-electron chi connectivity index (χ1n) is 12.9. The second-order valence-electron chi connectivity index (χ2n) is 9.74. The molecule has 0 bridgehead atoms. The molecule has 3 atom stereocenters. The first-order valence-corrected chi connectivity index (χ1v) is 12.9. The second-order valence-corrected chi connectivity index (χ2v) is 9.74. The maximum atomic E-state index is 14.1. The third-order valence-electron chi connectivity index (χ3n) is 7.51. The van der Waals surface area contributed by atoms with Crippen molar-refractivity contribution in [2.24, 2.45) is 7.05 Å². The zero-order valence-electron chi connectivity index (χ0n) is 21.9. The zero-order valence-corrected chi connectivity index (χ0v) is 21.9. The van der Waals surface area contributed by atoms with E-state index in [1.807, 2.05) is 48.0 Å². The number of hydrogen-bond acceptors (Lipinski definition) is 3. The van der Waals surface area contributed by atoms with Crippen LogP contribution < -0.4 is 10.6 Å².